The lowest BCUT2D eigenvalue weighted by atomic mass is 10.1. The zero-order chi connectivity index (χ0) is 20.5. The molecular weight excluding hydrogens is 378 g/mol. The summed E-state index contributed by atoms with van der Waals surface area (Å²) in [5.74, 6) is 2.08. The smallest absolute Gasteiger partial charge is 0.252 e. The SMILES string of the molecule is Cc1ccc(-c2cc(C(=O)NCCc3nnc4ccccn34)c3ccccc3n2)o1. The van der Waals surface area contributed by atoms with Crippen LogP contribution in [0.4, 0.5) is 0 Å². The number of fused-ring (bicyclic) bond motifs is 2. The Kier molecular flexibility index (Phi) is 4.48. The average Bonchev–Trinajstić information content (AvgIpc) is 3.39. The van der Waals surface area contributed by atoms with Crippen LogP contribution in [-0.2, 0) is 6.42 Å². The van der Waals surface area contributed by atoms with E-state index in [0.717, 1.165) is 28.1 Å². The predicted octanol–water partition coefficient (Wildman–Crippen LogP) is 3.82. The van der Waals surface area contributed by atoms with Crippen LogP contribution in [0.15, 0.2) is 71.3 Å². The number of furan rings is 1. The van der Waals surface area contributed by atoms with Gasteiger partial charge in [0.2, 0.25) is 0 Å². The number of hydrogen-bond acceptors (Lipinski definition) is 5. The van der Waals surface area contributed by atoms with Crippen molar-refractivity contribution >= 4 is 22.5 Å². The lowest BCUT2D eigenvalue weighted by Gasteiger charge is -2.09. The van der Waals surface area contributed by atoms with Crippen molar-refractivity contribution in [3.05, 3.63) is 84.0 Å². The number of rotatable bonds is 5. The third kappa shape index (κ3) is 3.30. The normalized spacial score (nSPS) is 11.2. The van der Waals surface area contributed by atoms with E-state index in [0.29, 0.717) is 30.0 Å². The number of amides is 1. The Morgan fingerprint density at radius 2 is 1.93 bits per heavy atom. The molecule has 7 nitrogen and oxygen atoms in total. The molecule has 4 aromatic heterocycles. The van der Waals surface area contributed by atoms with E-state index in [1.807, 2.05) is 72.1 Å². The van der Waals surface area contributed by atoms with Crippen molar-refractivity contribution in [3.63, 3.8) is 0 Å². The van der Waals surface area contributed by atoms with Crippen LogP contribution in [0.5, 0.6) is 0 Å². The number of carbonyl (C=O) groups is 1. The van der Waals surface area contributed by atoms with E-state index < -0.39 is 0 Å². The summed E-state index contributed by atoms with van der Waals surface area (Å²) < 4.78 is 7.63. The number of nitrogens with zero attached hydrogens (tertiary/aromatic N) is 4. The molecule has 5 aromatic rings. The molecule has 1 amide bonds. The van der Waals surface area contributed by atoms with E-state index in [-0.39, 0.29) is 5.91 Å². The Morgan fingerprint density at radius 1 is 1.07 bits per heavy atom. The summed E-state index contributed by atoms with van der Waals surface area (Å²) in [6.07, 6.45) is 2.49. The molecule has 1 N–H and O–H groups in total. The minimum absolute atomic E-state index is 0.160. The van der Waals surface area contributed by atoms with Crippen LogP contribution in [0.2, 0.25) is 0 Å². The van der Waals surface area contributed by atoms with Gasteiger partial charge in [0.1, 0.15) is 17.3 Å². The van der Waals surface area contributed by atoms with Crippen molar-refractivity contribution in [3.8, 4) is 11.5 Å². The second kappa shape index (κ2) is 7.44. The molecule has 4 heterocycles. The third-order valence-corrected chi connectivity index (χ3v) is 4.97. The van der Waals surface area contributed by atoms with Crippen LogP contribution in [-0.4, -0.2) is 32.0 Å². The van der Waals surface area contributed by atoms with Crippen LogP contribution in [0.25, 0.3) is 28.0 Å². The fourth-order valence-corrected chi connectivity index (χ4v) is 3.51. The maximum atomic E-state index is 13.0. The second-order valence-electron chi connectivity index (χ2n) is 7.03. The molecule has 0 aliphatic heterocycles. The Balaban J connectivity index is 1.41. The molecule has 0 spiro atoms. The number of carbonyl (C=O) groups excluding carboxylic acids is 1. The first kappa shape index (κ1) is 18.1. The average molecular weight is 397 g/mol. The molecular formula is C23H19N5O2. The van der Waals surface area contributed by atoms with Gasteiger partial charge in [0, 0.05) is 24.5 Å². The summed E-state index contributed by atoms with van der Waals surface area (Å²) in [5.41, 5.74) is 2.74. The standard InChI is InChI=1S/C23H19N5O2/c1-15-9-10-20(30-15)19-14-17(16-6-2-3-7-18(16)25-19)23(29)24-12-11-22-27-26-21-8-4-5-13-28(21)22/h2-10,13-14H,11-12H2,1H3,(H,24,29). The molecule has 30 heavy (non-hydrogen) atoms. The van der Waals surface area contributed by atoms with E-state index in [1.165, 1.54) is 0 Å². The van der Waals surface area contributed by atoms with Gasteiger partial charge in [0.05, 0.1) is 11.1 Å². The molecule has 0 bridgehead atoms. The Morgan fingerprint density at radius 3 is 2.80 bits per heavy atom. The fraction of sp³-hybridized carbons (Fsp3) is 0.130. The molecule has 0 unspecified atom stereocenters. The van der Waals surface area contributed by atoms with Gasteiger partial charge in [0.15, 0.2) is 11.4 Å². The van der Waals surface area contributed by atoms with E-state index in [4.69, 9.17) is 4.42 Å². The van der Waals surface area contributed by atoms with Gasteiger partial charge in [-0.25, -0.2) is 4.98 Å². The van der Waals surface area contributed by atoms with Gasteiger partial charge in [-0.3, -0.25) is 9.20 Å². The van der Waals surface area contributed by atoms with Crippen molar-refractivity contribution in [1.82, 2.24) is 24.9 Å². The molecule has 1 aromatic carbocycles. The van der Waals surface area contributed by atoms with E-state index >= 15 is 0 Å². The first-order valence-electron chi connectivity index (χ1n) is 9.72. The summed E-state index contributed by atoms with van der Waals surface area (Å²) in [6.45, 7) is 2.33. The van der Waals surface area contributed by atoms with Crippen molar-refractivity contribution in [2.45, 2.75) is 13.3 Å². The summed E-state index contributed by atoms with van der Waals surface area (Å²) in [6, 6.07) is 18.9. The second-order valence-corrected chi connectivity index (χ2v) is 7.03. The number of para-hydroxylation sites is 1. The van der Waals surface area contributed by atoms with E-state index in [9.17, 15) is 4.79 Å². The molecule has 0 saturated carbocycles. The van der Waals surface area contributed by atoms with Gasteiger partial charge in [-0.15, -0.1) is 10.2 Å². The van der Waals surface area contributed by atoms with Crippen molar-refractivity contribution in [2.24, 2.45) is 0 Å². The summed E-state index contributed by atoms with van der Waals surface area (Å²) >= 11 is 0. The quantitative estimate of drug-likeness (QED) is 0.487. The lowest BCUT2D eigenvalue weighted by Crippen LogP contribution is -2.26. The van der Waals surface area contributed by atoms with E-state index in [2.05, 4.69) is 20.5 Å². The van der Waals surface area contributed by atoms with Gasteiger partial charge < -0.3 is 9.73 Å². The fourth-order valence-electron chi connectivity index (χ4n) is 3.51. The molecule has 0 fully saturated rings. The van der Waals surface area contributed by atoms with Crippen LogP contribution in [0.1, 0.15) is 21.9 Å². The zero-order valence-corrected chi connectivity index (χ0v) is 16.4. The Bertz CT molecular complexity index is 1370. The van der Waals surface area contributed by atoms with Gasteiger partial charge in [-0.1, -0.05) is 24.3 Å². The predicted molar refractivity (Wildman–Crippen MR) is 113 cm³/mol. The van der Waals surface area contributed by atoms with Crippen LogP contribution in [0, 0.1) is 6.92 Å². The topological polar surface area (TPSA) is 85.3 Å². The van der Waals surface area contributed by atoms with Crippen molar-refractivity contribution in [1.29, 1.82) is 0 Å². The Hall–Kier alpha value is -4.00. The highest BCUT2D eigenvalue weighted by Crippen LogP contribution is 2.26. The Labute approximate surface area is 172 Å². The van der Waals surface area contributed by atoms with Crippen molar-refractivity contribution in [2.75, 3.05) is 6.54 Å². The molecule has 5 rings (SSSR count). The summed E-state index contributed by atoms with van der Waals surface area (Å²) in [4.78, 5) is 17.7. The highest BCUT2D eigenvalue weighted by molar-refractivity contribution is 6.07. The molecule has 0 saturated heterocycles. The molecule has 0 atom stereocenters. The number of aryl methyl sites for hydroxylation is 1. The molecule has 0 aliphatic carbocycles. The van der Waals surface area contributed by atoms with Crippen LogP contribution < -0.4 is 5.32 Å². The maximum absolute atomic E-state index is 13.0. The minimum atomic E-state index is -0.160. The van der Waals surface area contributed by atoms with Gasteiger partial charge in [-0.05, 0) is 43.3 Å². The first-order valence-corrected chi connectivity index (χ1v) is 9.72. The summed E-state index contributed by atoms with van der Waals surface area (Å²) in [7, 11) is 0. The molecule has 0 aliphatic rings. The van der Waals surface area contributed by atoms with Gasteiger partial charge in [-0.2, -0.15) is 0 Å². The largest absolute Gasteiger partial charge is 0.460 e. The lowest BCUT2D eigenvalue weighted by molar-refractivity contribution is 0.0955. The zero-order valence-electron chi connectivity index (χ0n) is 16.4. The van der Waals surface area contributed by atoms with E-state index in [1.54, 1.807) is 6.07 Å². The third-order valence-electron chi connectivity index (χ3n) is 4.97. The molecule has 7 heteroatoms. The monoisotopic (exact) mass is 397 g/mol. The number of pyridine rings is 2. The summed E-state index contributed by atoms with van der Waals surface area (Å²) in [5, 5.41) is 12.2. The number of benzene rings is 1. The number of aromatic nitrogens is 4. The maximum Gasteiger partial charge on any atom is 0.252 e. The van der Waals surface area contributed by atoms with Crippen LogP contribution in [0.3, 0.4) is 0 Å². The minimum Gasteiger partial charge on any atom is -0.460 e. The number of hydrogen-bond donors (Lipinski definition) is 1. The first-order chi connectivity index (χ1) is 14.7. The highest BCUT2D eigenvalue weighted by Gasteiger charge is 2.15. The van der Waals surface area contributed by atoms with Crippen LogP contribution >= 0.6 is 0 Å². The van der Waals surface area contributed by atoms with Gasteiger partial charge >= 0.3 is 0 Å². The molecule has 148 valence electrons. The highest BCUT2D eigenvalue weighted by atomic mass is 16.3. The number of nitrogens with one attached hydrogen (secondary N) is 1. The van der Waals surface area contributed by atoms with Gasteiger partial charge in [0.25, 0.3) is 5.91 Å². The van der Waals surface area contributed by atoms with Crippen molar-refractivity contribution < 1.29 is 9.21 Å². The molecule has 0 radical (unpaired) electrons.